The summed E-state index contributed by atoms with van der Waals surface area (Å²) in [6, 6.07) is 0. The number of halogens is 4. The monoisotopic (exact) mass is 673 g/mol. The molecule has 2 N–H and O–H groups in total. The molecule has 0 spiro atoms. The zero-order valence-corrected chi connectivity index (χ0v) is 18.0. The fourth-order valence-electron chi connectivity index (χ4n) is 2.23. The molecule has 1 rings (SSSR count). The summed E-state index contributed by atoms with van der Waals surface area (Å²) in [4.78, 5) is 0. The van der Waals surface area contributed by atoms with Crippen LogP contribution in [0, 0.1) is 5.92 Å². The second kappa shape index (κ2) is 7.61. The van der Waals surface area contributed by atoms with E-state index in [0.717, 1.165) is 12.5 Å². The largest absolute Gasteiger partial charge is 0.330 e. The van der Waals surface area contributed by atoms with Gasteiger partial charge in [-0.05, 0) is 44.6 Å². The van der Waals surface area contributed by atoms with E-state index in [1.165, 1.54) is 44.9 Å². The number of nitrogens with two attached hydrogens (primary N) is 1. The Morgan fingerprint density at radius 1 is 1.00 bits per heavy atom. The molecule has 1 aliphatic rings. The second-order valence-electron chi connectivity index (χ2n) is 4.64. The van der Waals surface area contributed by atoms with Gasteiger partial charge in [0.2, 0.25) is 0 Å². The van der Waals surface area contributed by atoms with Crippen LogP contribution in [0.4, 0.5) is 0 Å². The van der Waals surface area contributed by atoms with Crippen molar-refractivity contribution in [2.75, 3.05) is 6.54 Å². The fourth-order valence-corrected chi connectivity index (χ4v) is 5.62. The van der Waals surface area contributed by atoms with E-state index in [4.69, 9.17) is 5.73 Å². The number of hydrogen-bond donors (Lipinski definition) is 1. The Morgan fingerprint density at radius 3 is 2.25 bits per heavy atom. The lowest BCUT2D eigenvalue weighted by molar-refractivity contribution is 0.419. The third kappa shape index (κ3) is 5.89. The highest BCUT2D eigenvalue weighted by Gasteiger charge is 2.35. The van der Waals surface area contributed by atoms with Gasteiger partial charge >= 0.3 is 0 Å². The van der Waals surface area contributed by atoms with E-state index in [-0.39, 0.29) is 0 Å². The van der Waals surface area contributed by atoms with Gasteiger partial charge in [-0.3, -0.25) is 0 Å². The van der Waals surface area contributed by atoms with Gasteiger partial charge in [0.05, 0.1) is 2.86 Å². The van der Waals surface area contributed by atoms with E-state index in [9.17, 15) is 0 Å². The summed E-state index contributed by atoms with van der Waals surface area (Å²) >= 11 is 10.6. The van der Waals surface area contributed by atoms with E-state index in [2.05, 4.69) is 90.4 Å². The SMILES string of the molecule is NCCC1CCC(I)(I)CCCCC1(I)I. The molecule has 1 atom stereocenters. The molecule has 16 heavy (non-hydrogen) atoms. The zero-order valence-electron chi connectivity index (χ0n) is 9.32. The summed E-state index contributed by atoms with van der Waals surface area (Å²) in [7, 11) is 0. The maximum atomic E-state index is 5.77. The Labute approximate surface area is 154 Å². The third-order valence-electron chi connectivity index (χ3n) is 3.27. The van der Waals surface area contributed by atoms with E-state index in [0.29, 0.717) is 2.86 Å². The van der Waals surface area contributed by atoms with Crippen molar-refractivity contribution >= 4 is 90.4 Å². The van der Waals surface area contributed by atoms with Crippen LogP contribution in [0.15, 0.2) is 0 Å². The molecule has 0 aromatic rings. The highest BCUT2D eigenvalue weighted by Crippen LogP contribution is 2.49. The normalized spacial score (nSPS) is 30.2. The number of hydrogen-bond acceptors (Lipinski definition) is 1. The minimum atomic E-state index is 0.433. The maximum absolute atomic E-state index is 5.77. The Kier molecular flexibility index (Phi) is 8.05. The van der Waals surface area contributed by atoms with Crippen molar-refractivity contribution in [3.63, 3.8) is 0 Å². The molecule has 0 radical (unpaired) electrons. The summed E-state index contributed by atoms with van der Waals surface area (Å²) in [5, 5.41) is 0. The van der Waals surface area contributed by atoms with Crippen LogP contribution in [0.1, 0.15) is 44.9 Å². The molecular formula is C11H19I4N. The summed E-state index contributed by atoms with van der Waals surface area (Å²) in [5.74, 6) is 0.792. The first-order valence-electron chi connectivity index (χ1n) is 5.83. The minimum absolute atomic E-state index is 0.433. The van der Waals surface area contributed by atoms with Crippen LogP contribution in [-0.2, 0) is 0 Å². The molecule has 1 saturated carbocycles. The van der Waals surface area contributed by atoms with Gasteiger partial charge in [-0.2, -0.15) is 0 Å². The molecule has 0 aromatic heterocycles. The summed E-state index contributed by atoms with van der Waals surface area (Å²) in [6.45, 7) is 0.841. The highest BCUT2D eigenvalue weighted by molar-refractivity contribution is 14.2. The first-order valence-corrected chi connectivity index (χ1v) is 10.1. The Bertz CT molecular complexity index is 218. The first-order chi connectivity index (χ1) is 7.37. The van der Waals surface area contributed by atoms with Crippen molar-refractivity contribution < 1.29 is 0 Å². The average Bonchev–Trinajstić information content (AvgIpc) is 2.22. The predicted octanol–water partition coefficient (Wildman–Crippen LogP) is 5.44. The molecule has 0 aliphatic heterocycles. The molecule has 1 unspecified atom stereocenters. The molecule has 0 amide bonds. The van der Waals surface area contributed by atoms with Crippen LogP contribution in [-0.4, -0.2) is 9.40 Å². The lowest BCUT2D eigenvalue weighted by atomic mass is 9.93. The lowest BCUT2D eigenvalue weighted by Gasteiger charge is -2.31. The molecule has 0 aromatic carbocycles. The van der Waals surface area contributed by atoms with Gasteiger partial charge in [0.1, 0.15) is 0 Å². The van der Waals surface area contributed by atoms with E-state index < -0.39 is 0 Å². The van der Waals surface area contributed by atoms with Gasteiger partial charge in [0, 0.05) is 0 Å². The summed E-state index contributed by atoms with van der Waals surface area (Å²) in [5.41, 5.74) is 5.77. The van der Waals surface area contributed by atoms with Crippen LogP contribution >= 0.6 is 90.4 Å². The average molecular weight is 673 g/mol. The predicted molar refractivity (Wildman–Crippen MR) is 106 cm³/mol. The highest BCUT2D eigenvalue weighted by atomic mass is 127. The van der Waals surface area contributed by atoms with Crippen LogP contribution < -0.4 is 5.73 Å². The van der Waals surface area contributed by atoms with E-state index in [1.807, 2.05) is 0 Å². The molecule has 0 bridgehead atoms. The van der Waals surface area contributed by atoms with Crippen LogP contribution in [0.5, 0.6) is 0 Å². The van der Waals surface area contributed by atoms with Gasteiger partial charge in [-0.25, -0.2) is 0 Å². The van der Waals surface area contributed by atoms with Gasteiger partial charge in [-0.1, -0.05) is 103 Å². The van der Waals surface area contributed by atoms with E-state index in [1.54, 1.807) is 0 Å². The van der Waals surface area contributed by atoms with Crippen molar-refractivity contribution in [3.05, 3.63) is 0 Å². The summed E-state index contributed by atoms with van der Waals surface area (Å²) < 4.78 is 0.915. The van der Waals surface area contributed by atoms with Gasteiger partial charge < -0.3 is 5.73 Å². The number of alkyl halides is 4. The van der Waals surface area contributed by atoms with Gasteiger partial charge in [0.25, 0.3) is 0 Å². The molecule has 5 heteroatoms. The van der Waals surface area contributed by atoms with Crippen LogP contribution in [0.25, 0.3) is 0 Å². The molecule has 0 saturated heterocycles. The van der Waals surface area contributed by atoms with Crippen LogP contribution in [0.3, 0.4) is 0 Å². The van der Waals surface area contributed by atoms with E-state index >= 15 is 0 Å². The molecule has 1 aliphatic carbocycles. The quantitative estimate of drug-likeness (QED) is 0.307. The topological polar surface area (TPSA) is 26.0 Å². The van der Waals surface area contributed by atoms with Crippen molar-refractivity contribution in [2.24, 2.45) is 11.7 Å². The maximum Gasteiger partial charge on any atom is 0.0763 e. The van der Waals surface area contributed by atoms with Crippen LogP contribution in [0.2, 0.25) is 0 Å². The summed E-state index contributed by atoms with van der Waals surface area (Å²) in [6.07, 6.45) is 9.35. The number of rotatable bonds is 2. The fraction of sp³-hybridized carbons (Fsp3) is 1.00. The minimum Gasteiger partial charge on any atom is -0.330 e. The van der Waals surface area contributed by atoms with Gasteiger partial charge in [-0.15, -0.1) is 0 Å². The molecular weight excluding hydrogens is 654 g/mol. The van der Waals surface area contributed by atoms with Crippen molar-refractivity contribution in [1.29, 1.82) is 0 Å². The van der Waals surface area contributed by atoms with Gasteiger partial charge in [0.15, 0.2) is 0 Å². The third-order valence-corrected chi connectivity index (χ3v) is 8.27. The molecule has 1 fully saturated rings. The Hall–Kier alpha value is 2.88. The van der Waals surface area contributed by atoms with Crippen molar-refractivity contribution in [2.45, 2.75) is 47.8 Å². The molecule has 0 heterocycles. The zero-order chi connectivity index (χ0) is 12.2. The van der Waals surface area contributed by atoms with Crippen molar-refractivity contribution in [3.8, 4) is 0 Å². The van der Waals surface area contributed by atoms with Crippen molar-refractivity contribution in [1.82, 2.24) is 0 Å². The standard InChI is InChI=1S/C11H19I4N/c12-10(13)5-1-2-6-11(14,15)9(3-7-10)4-8-16/h9H,1-8,16H2. The molecule has 96 valence electrons. The first kappa shape index (κ1) is 16.9. The lowest BCUT2D eigenvalue weighted by Crippen LogP contribution is -2.27. The Balaban J connectivity index is 2.69. The Morgan fingerprint density at radius 2 is 1.62 bits per heavy atom. The smallest absolute Gasteiger partial charge is 0.0763 e. The molecule has 1 nitrogen and oxygen atoms in total. The second-order valence-corrected chi connectivity index (χ2v) is 16.7.